The van der Waals surface area contributed by atoms with E-state index >= 15 is 0 Å². The molecular weight excluding hydrogens is 343 g/mol. The van der Waals surface area contributed by atoms with E-state index in [1.807, 2.05) is 0 Å². The van der Waals surface area contributed by atoms with E-state index in [0.29, 0.717) is 0 Å². The van der Waals surface area contributed by atoms with Crippen molar-refractivity contribution in [1.29, 1.82) is 0 Å². The van der Waals surface area contributed by atoms with Gasteiger partial charge < -0.3 is 13.6 Å². The lowest BCUT2D eigenvalue weighted by molar-refractivity contribution is 0.233. The largest absolute Gasteiger partial charge is 0.518 e. The van der Waals surface area contributed by atoms with Crippen molar-refractivity contribution in [2.24, 2.45) is 4.76 Å². The first-order valence-electron chi connectivity index (χ1n) is 4.59. The predicted molar refractivity (Wildman–Crippen MR) is 68.8 cm³/mol. The van der Waals surface area contributed by atoms with Crippen LogP contribution in [0.3, 0.4) is 0 Å². The average Bonchev–Trinajstić information content (AvgIpc) is 2.35. The molecule has 0 bridgehead atoms. The Morgan fingerprint density at radius 3 is 2.11 bits per heavy atom. The zero-order chi connectivity index (χ0) is 15.1. The van der Waals surface area contributed by atoms with E-state index in [0.717, 1.165) is 20.3 Å². The summed E-state index contributed by atoms with van der Waals surface area (Å²) in [5, 5.41) is 0. The normalized spacial score (nSPS) is 14.2. The molecule has 0 aliphatic heterocycles. The van der Waals surface area contributed by atoms with E-state index in [-0.39, 0.29) is 6.61 Å². The molecule has 0 amide bonds. The molecule has 0 heterocycles. The van der Waals surface area contributed by atoms with Crippen molar-refractivity contribution in [2.45, 2.75) is 6.92 Å². The highest BCUT2D eigenvalue weighted by molar-refractivity contribution is 7.60. The van der Waals surface area contributed by atoms with Crippen LogP contribution in [0.5, 0.6) is 0 Å². The molecule has 0 rings (SSSR count). The first kappa shape index (κ1) is 18.8. The lowest BCUT2D eigenvalue weighted by atomic mass is 10.9. The highest BCUT2D eigenvalue weighted by atomic mass is 35.5. The van der Waals surface area contributed by atoms with Crippen LogP contribution < -0.4 is 0 Å². The van der Waals surface area contributed by atoms with Crippen LogP contribution in [-0.4, -0.2) is 26.9 Å². The summed E-state index contributed by atoms with van der Waals surface area (Å²) < 4.78 is 44.8. The van der Waals surface area contributed by atoms with Gasteiger partial charge in [-0.25, -0.2) is 9.36 Å². The third kappa shape index (κ3) is 5.38. The van der Waals surface area contributed by atoms with E-state index < -0.39 is 25.3 Å². The molecule has 19 heavy (non-hydrogen) atoms. The minimum absolute atomic E-state index is 0.111. The predicted octanol–water partition coefficient (Wildman–Crippen LogP) is 3.57. The third-order valence-corrected chi connectivity index (χ3v) is 5.40. The molecule has 0 radical (unpaired) electrons. The highest BCUT2D eigenvalue weighted by Gasteiger charge is 2.39. The van der Waals surface area contributed by atoms with Gasteiger partial charge in [0.1, 0.15) is 0 Å². The van der Waals surface area contributed by atoms with Crippen LogP contribution in [0.4, 0.5) is 0 Å². The Kier molecular flexibility index (Phi) is 8.13. The topological polar surface area (TPSA) is 100 Å². The van der Waals surface area contributed by atoms with E-state index in [4.69, 9.17) is 27.7 Å². The Hall–Kier alpha value is -0.160. The maximum atomic E-state index is 12.1. The van der Waals surface area contributed by atoms with Crippen molar-refractivity contribution in [2.75, 3.05) is 20.8 Å². The molecule has 8 nitrogen and oxygen atoms in total. The highest BCUT2D eigenvalue weighted by Crippen LogP contribution is 2.64. The van der Waals surface area contributed by atoms with Crippen LogP contribution in [0.25, 0.3) is 0 Å². The van der Waals surface area contributed by atoms with Gasteiger partial charge in [0.2, 0.25) is 11.6 Å². The Bertz CT molecular complexity index is 476. The zero-order valence-electron chi connectivity index (χ0n) is 10.2. The average molecular weight is 354 g/mol. The van der Waals surface area contributed by atoms with Crippen LogP contribution in [0.15, 0.2) is 14.8 Å². The summed E-state index contributed by atoms with van der Waals surface area (Å²) in [6.07, 6.45) is 1.01. The number of nitrogens with zero attached hydrogens (tertiary/aromatic N) is 1. The van der Waals surface area contributed by atoms with E-state index in [2.05, 4.69) is 18.3 Å². The van der Waals surface area contributed by atoms with Gasteiger partial charge in [0.05, 0.1) is 6.61 Å². The fourth-order valence-corrected chi connectivity index (χ4v) is 3.92. The van der Waals surface area contributed by atoms with Gasteiger partial charge in [0.15, 0.2) is 4.49 Å². The summed E-state index contributed by atoms with van der Waals surface area (Å²) in [5.74, 6) is 0. The fraction of sp³-hybridized carbons (Fsp3) is 0.571. The Balaban J connectivity index is 5.62. The smallest absolute Gasteiger partial charge is 0.396 e. The second kappa shape index (κ2) is 8.20. The first-order chi connectivity index (χ1) is 8.78. The van der Waals surface area contributed by atoms with Crippen LogP contribution in [0.2, 0.25) is 0 Å². The Morgan fingerprint density at radius 1 is 1.26 bits per heavy atom. The number of halogens is 2. The van der Waals surface area contributed by atoms with Crippen molar-refractivity contribution in [1.82, 2.24) is 0 Å². The monoisotopic (exact) mass is 353 g/mol. The van der Waals surface area contributed by atoms with Gasteiger partial charge in [-0.15, -0.1) is 0 Å². The number of carbonyl (C=O) groups excluding carboxylic acids is 1. The van der Waals surface area contributed by atoms with E-state index in [1.165, 1.54) is 6.92 Å². The number of rotatable bonds is 8. The quantitative estimate of drug-likeness (QED) is 0.284. The summed E-state index contributed by atoms with van der Waals surface area (Å²) in [5.41, 5.74) is -0.781. The maximum Gasteiger partial charge on any atom is 0.518 e. The maximum absolute atomic E-state index is 12.1. The molecule has 110 valence electrons. The van der Waals surface area contributed by atoms with Gasteiger partial charge in [-0.05, 0) is 6.92 Å². The number of hydrogen-bond donors (Lipinski definition) is 0. The molecule has 0 N–H and O–H groups in total. The van der Waals surface area contributed by atoms with Gasteiger partial charge in [-0.1, -0.05) is 28.0 Å². The Labute approximate surface area is 119 Å². The zero-order valence-corrected chi connectivity index (χ0v) is 13.5. The van der Waals surface area contributed by atoms with Crippen molar-refractivity contribution in [3.05, 3.63) is 9.99 Å². The second-order valence-corrected chi connectivity index (χ2v) is 7.26. The van der Waals surface area contributed by atoms with Gasteiger partial charge >= 0.3 is 15.3 Å². The molecular formula is C7H11Cl2NO7P2. The molecule has 0 spiro atoms. The second-order valence-electron chi connectivity index (χ2n) is 2.60. The van der Waals surface area contributed by atoms with Crippen LogP contribution in [-0.2, 0) is 32.0 Å². The van der Waals surface area contributed by atoms with E-state index in [1.54, 1.807) is 0 Å². The lowest BCUT2D eigenvalue weighted by Crippen LogP contribution is -2.00. The molecule has 12 heteroatoms. The lowest BCUT2D eigenvalue weighted by Gasteiger charge is -2.19. The standard InChI is InChI=1S/C7H11Cl2NO7P2/c1-4-16-19(13,10-5-11)17-7(6(8)9)18(12,14-2)15-3/h4H2,1-3H3. The van der Waals surface area contributed by atoms with Gasteiger partial charge in [-0.3, -0.25) is 9.09 Å². The summed E-state index contributed by atoms with van der Waals surface area (Å²) in [6, 6.07) is 0. The summed E-state index contributed by atoms with van der Waals surface area (Å²) >= 11 is 10.9. The van der Waals surface area contributed by atoms with Crippen LogP contribution in [0.1, 0.15) is 6.92 Å². The van der Waals surface area contributed by atoms with Crippen molar-refractivity contribution < 1.29 is 32.0 Å². The molecule has 0 aliphatic carbocycles. The minimum Gasteiger partial charge on any atom is -0.396 e. The molecule has 0 fully saturated rings. The number of hydrogen-bond acceptors (Lipinski definition) is 7. The summed E-state index contributed by atoms with van der Waals surface area (Å²) in [6.45, 7) is 1.36. The summed E-state index contributed by atoms with van der Waals surface area (Å²) in [4.78, 5) is 10.2. The van der Waals surface area contributed by atoms with Crippen LogP contribution >= 0.6 is 38.5 Å². The van der Waals surface area contributed by atoms with Crippen molar-refractivity contribution in [3.8, 4) is 0 Å². The molecule has 0 saturated heterocycles. The summed E-state index contributed by atoms with van der Waals surface area (Å²) in [7, 11) is -6.30. The molecule has 0 aromatic rings. The number of isocyanates is 1. The first-order valence-corrected chi connectivity index (χ1v) is 8.39. The van der Waals surface area contributed by atoms with Crippen LogP contribution in [0, 0.1) is 0 Å². The molecule has 1 atom stereocenters. The Morgan fingerprint density at radius 2 is 1.79 bits per heavy atom. The molecule has 0 aromatic carbocycles. The molecule has 0 saturated carbocycles. The minimum atomic E-state index is -4.31. The van der Waals surface area contributed by atoms with Gasteiger partial charge in [0, 0.05) is 14.2 Å². The van der Waals surface area contributed by atoms with Crippen molar-refractivity contribution in [3.63, 3.8) is 0 Å². The van der Waals surface area contributed by atoms with Gasteiger partial charge in [-0.2, -0.15) is 0 Å². The molecule has 0 aromatic heterocycles. The van der Waals surface area contributed by atoms with E-state index in [9.17, 15) is 13.9 Å². The molecule has 0 aliphatic rings. The van der Waals surface area contributed by atoms with Gasteiger partial charge in [0.25, 0.3) is 0 Å². The fourth-order valence-electron chi connectivity index (χ4n) is 0.826. The third-order valence-electron chi connectivity index (χ3n) is 1.55. The SMILES string of the molecule is CCOP(=O)(N=C=O)OC(=C(Cl)Cl)P(=O)(OC)OC. The van der Waals surface area contributed by atoms with Crippen molar-refractivity contribution >= 4 is 44.6 Å². The molecule has 1 unspecified atom stereocenters.